The summed E-state index contributed by atoms with van der Waals surface area (Å²) in [5.74, 6) is 0.552. The molecule has 0 aliphatic rings. The zero-order chi connectivity index (χ0) is 21.6. The number of rotatable bonds is 6. The second-order valence-electron chi connectivity index (χ2n) is 7.63. The molecule has 0 aliphatic carbocycles. The fourth-order valence-corrected chi connectivity index (χ4v) is 3.68. The van der Waals surface area contributed by atoms with E-state index in [1.807, 2.05) is 18.2 Å². The van der Waals surface area contributed by atoms with Gasteiger partial charge in [-0.25, -0.2) is 4.79 Å². The van der Waals surface area contributed by atoms with E-state index < -0.39 is 0 Å². The van der Waals surface area contributed by atoms with Crippen molar-refractivity contribution in [2.45, 2.75) is 19.3 Å². The fraction of sp³-hybridized carbons (Fsp3) is 0.107. The first-order chi connectivity index (χ1) is 15.1. The summed E-state index contributed by atoms with van der Waals surface area (Å²) < 4.78 is 5.39. The Morgan fingerprint density at radius 1 is 0.774 bits per heavy atom. The van der Waals surface area contributed by atoms with Gasteiger partial charge in [-0.3, -0.25) is 0 Å². The molecule has 0 heterocycles. The van der Waals surface area contributed by atoms with Crippen LogP contribution in [0.25, 0.3) is 11.1 Å². The van der Waals surface area contributed by atoms with Crippen molar-refractivity contribution >= 4 is 17.6 Å². The summed E-state index contributed by atoms with van der Waals surface area (Å²) >= 11 is 5.86. The fourth-order valence-electron chi connectivity index (χ4n) is 3.55. The van der Waals surface area contributed by atoms with Gasteiger partial charge in [-0.15, -0.1) is 0 Å². The van der Waals surface area contributed by atoms with E-state index >= 15 is 0 Å². The molecule has 0 radical (unpaired) electrons. The van der Waals surface area contributed by atoms with Crippen LogP contribution in [0.4, 0.5) is 0 Å². The third kappa shape index (κ3) is 5.42. The summed E-state index contributed by atoms with van der Waals surface area (Å²) in [6, 6.07) is 33.4. The standard InChI is InChI=1S/C28H23ClO2/c1-20(22-5-3-2-4-6-22)19-21-7-9-23(10-8-21)24-11-13-25(14-12-24)28(30)31-27-17-15-26(29)16-18-27/h2-18,20H,19H2,1H3/t20-/m0/s1. The molecule has 0 amide bonds. The zero-order valence-electron chi connectivity index (χ0n) is 17.3. The van der Waals surface area contributed by atoms with Gasteiger partial charge in [-0.05, 0) is 71.0 Å². The van der Waals surface area contributed by atoms with Crippen molar-refractivity contribution in [1.82, 2.24) is 0 Å². The lowest BCUT2D eigenvalue weighted by molar-refractivity contribution is 0.0735. The van der Waals surface area contributed by atoms with Gasteiger partial charge < -0.3 is 4.74 Å². The maximum absolute atomic E-state index is 12.4. The summed E-state index contributed by atoms with van der Waals surface area (Å²) in [4.78, 5) is 12.4. The largest absolute Gasteiger partial charge is 0.423 e. The predicted octanol–water partition coefficient (Wildman–Crippen LogP) is 7.57. The van der Waals surface area contributed by atoms with Crippen LogP contribution in [0, 0.1) is 0 Å². The molecule has 0 aromatic heterocycles. The second kappa shape index (κ2) is 9.63. The lowest BCUT2D eigenvalue weighted by Gasteiger charge is -2.12. The van der Waals surface area contributed by atoms with Gasteiger partial charge in [0, 0.05) is 5.02 Å². The zero-order valence-corrected chi connectivity index (χ0v) is 18.0. The Morgan fingerprint density at radius 2 is 1.35 bits per heavy atom. The molecular weight excluding hydrogens is 404 g/mol. The van der Waals surface area contributed by atoms with Crippen LogP contribution in [0.2, 0.25) is 5.02 Å². The first kappa shape index (κ1) is 20.9. The highest BCUT2D eigenvalue weighted by atomic mass is 35.5. The van der Waals surface area contributed by atoms with E-state index in [0.717, 1.165) is 17.5 Å². The summed E-state index contributed by atoms with van der Waals surface area (Å²) in [5, 5.41) is 0.602. The first-order valence-corrected chi connectivity index (χ1v) is 10.7. The van der Waals surface area contributed by atoms with E-state index in [1.54, 1.807) is 36.4 Å². The number of hydrogen-bond acceptors (Lipinski definition) is 2. The van der Waals surface area contributed by atoms with Crippen molar-refractivity contribution in [1.29, 1.82) is 0 Å². The molecule has 0 saturated carbocycles. The molecule has 0 saturated heterocycles. The highest BCUT2D eigenvalue weighted by Gasteiger charge is 2.10. The van der Waals surface area contributed by atoms with Gasteiger partial charge in [0.25, 0.3) is 0 Å². The molecule has 0 unspecified atom stereocenters. The quantitative estimate of drug-likeness (QED) is 0.234. The van der Waals surface area contributed by atoms with Crippen molar-refractivity contribution in [2.75, 3.05) is 0 Å². The van der Waals surface area contributed by atoms with E-state index in [0.29, 0.717) is 22.3 Å². The number of benzene rings is 4. The molecule has 0 bridgehead atoms. The Morgan fingerprint density at radius 3 is 1.97 bits per heavy atom. The van der Waals surface area contributed by atoms with Crippen LogP contribution in [0.5, 0.6) is 5.75 Å². The third-order valence-electron chi connectivity index (χ3n) is 5.34. The van der Waals surface area contributed by atoms with Crippen molar-refractivity contribution in [3.05, 3.63) is 125 Å². The number of carbonyl (C=O) groups excluding carboxylic acids is 1. The smallest absolute Gasteiger partial charge is 0.343 e. The molecule has 4 aromatic carbocycles. The highest BCUT2D eigenvalue weighted by molar-refractivity contribution is 6.30. The molecule has 154 valence electrons. The molecule has 0 spiro atoms. The average Bonchev–Trinajstić information content (AvgIpc) is 2.82. The lowest BCUT2D eigenvalue weighted by Crippen LogP contribution is -2.08. The van der Waals surface area contributed by atoms with Crippen LogP contribution >= 0.6 is 11.6 Å². The third-order valence-corrected chi connectivity index (χ3v) is 5.59. The Bertz CT molecular complexity index is 1130. The van der Waals surface area contributed by atoms with Gasteiger partial charge in [0.05, 0.1) is 5.56 Å². The van der Waals surface area contributed by atoms with Crippen LogP contribution in [0.1, 0.15) is 34.3 Å². The van der Waals surface area contributed by atoms with Gasteiger partial charge in [0.1, 0.15) is 5.75 Å². The average molecular weight is 427 g/mol. The molecule has 3 heteroatoms. The number of halogens is 1. The van der Waals surface area contributed by atoms with E-state index in [2.05, 4.69) is 55.5 Å². The molecule has 1 atom stereocenters. The number of ether oxygens (including phenoxy) is 1. The minimum atomic E-state index is -0.390. The topological polar surface area (TPSA) is 26.3 Å². The van der Waals surface area contributed by atoms with Crippen LogP contribution in [-0.4, -0.2) is 5.97 Å². The Balaban J connectivity index is 1.40. The first-order valence-electron chi connectivity index (χ1n) is 10.3. The van der Waals surface area contributed by atoms with Gasteiger partial charge in [-0.1, -0.05) is 85.3 Å². The van der Waals surface area contributed by atoms with Crippen molar-refractivity contribution in [3.63, 3.8) is 0 Å². The van der Waals surface area contributed by atoms with Crippen LogP contribution in [0.15, 0.2) is 103 Å². The molecule has 31 heavy (non-hydrogen) atoms. The summed E-state index contributed by atoms with van der Waals surface area (Å²) in [6.45, 7) is 2.26. The second-order valence-corrected chi connectivity index (χ2v) is 8.07. The molecule has 0 fully saturated rings. The molecule has 4 rings (SSSR count). The molecular formula is C28H23ClO2. The van der Waals surface area contributed by atoms with Gasteiger partial charge >= 0.3 is 5.97 Å². The lowest BCUT2D eigenvalue weighted by atomic mass is 9.93. The van der Waals surface area contributed by atoms with Crippen molar-refractivity contribution in [3.8, 4) is 16.9 Å². The Labute approximate surface area is 188 Å². The summed E-state index contributed by atoms with van der Waals surface area (Å²) in [5.41, 5.74) is 5.35. The van der Waals surface area contributed by atoms with E-state index in [-0.39, 0.29) is 5.97 Å². The van der Waals surface area contributed by atoms with Crippen molar-refractivity contribution < 1.29 is 9.53 Å². The number of esters is 1. The minimum Gasteiger partial charge on any atom is -0.423 e. The van der Waals surface area contributed by atoms with Gasteiger partial charge in [-0.2, -0.15) is 0 Å². The molecule has 0 N–H and O–H groups in total. The predicted molar refractivity (Wildman–Crippen MR) is 127 cm³/mol. The summed E-state index contributed by atoms with van der Waals surface area (Å²) in [7, 11) is 0. The van der Waals surface area contributed by atoms with Crippen LogP contribution < -0.4 is 4.74 Å². The molecule has 2 nitrogen and oxygen atoms in total. The van der Waals surface area contributed by atoms with Gasteiger partial charge in [0.2, 0.25) is 0 Å². The minimum absolute atomic E-state index is 0.390. The highest BCUT2D eigenvalue weighted by Crippen LogP contribution is 2.24. The van der Waals surface area contributed by atoms with Crippen molar-refractivity contribution in [2.24, 2.45) is 0 Å². The SMILES string of the molecule is C[C@@H](Cc1ccc(-c2ccc(C(=O)Oc3ccc(Cl)cc3)cc2)cc1)c1ccccc1. The van der Waals surface area contributed by atoms with Crippen LogP contribution in [-0.2, 0) is 6.42 Å². The Hall–Kier alpha value is -3.36. The van der Waals surface area contributed by atoms with E-state index in [1.165, 1.54) is 11.1 Å². The molecule has 4 aromatic rings. The monoisotopic (exact) mass is 426 g/mol. The van der Waals surface area contributed by atoms with E-state index in [4.69, 9.17) is 16.3 Å². The number of hydrogen-bond donors (Lipinski definition) is 0. The maximum Gasteiger partial charge on any atom is 0.343 e. The van der Waals surface area contributed by atoms with E-state index in [9.17, 15) is 4.79 Å². The van der Waals surface area contributed by atoms with Crippen LogP contribution in [0.3, 0.4) is 0 Å². The Kier molecular flexibility index (Phi) is 6.49. The number of carbonyl (C=O) groups is 1. The molecule has 0 aliphatic heterocycles. The normalized spacial score (nSPS) is 11.7. The van der Waals surface area contributed by atoms with Gasteiger partial charge in [0.15, 0.2) is 0 Å². The summed E-state index contributed by atoms with van der Waals surface area (Å²) in [6.07, 6.45) is 1.000. The maximum atomic E-state index is 12.4.